The highest BCUT2D eigenvalue weighted by Crippen LogP contribution is 2.36. The van der Waals surface area contributed by atoms with Crippen LogP contribution >= 0.6 is 0 Å². The maximum Gasteiger partial charge on any atom is 0.358 e. The van der Waals surface area contributed by atoms with E-state index in [1.54, 1.807) is 4.68 Å². The minimum absolute atomic E-state index is 0.0283. The number of rotatable bonds is 5. The summed E-state index contributed by atoms with van der Waals surface area (Å²) in [6.07, 6.45) is 0.991. The third kappa shape index (κ3) is 2.08. The van der Waals surface area contributed by atoms with E-state index in [1.165, 1.54) is 18.2 Å². The summed E-state index contributed by atoms with van der Waals surface area (Å²) < 4.78 is 6.70. The van der Waals surface area contributed by atoms with Gasteiger partial charge in [0.05, 0.1) is 18.8 Å². The minimum Gasteiger partial charge on any atom is -0.476 e. The molecule has 3 rings (SSSR count). The van der Waals surface area contributed by atoms with Gasteiger partial charge in [0.25, 0.3) is 0 Å². The molecular formula is C14H15N3O3. The molecule has 0 spiro atoms. The molecule has 0 fully saturated rings. The fourth-order valence-electron chi connectivity index (χ4n) is 2.66. The second-order valence-corrected chi connectivity index (χ2v) is 4.90. The van der Waals surface area contributed by atoms with Crippen molar-refractivity contribution in [2.75, 3.05) is 7.11 Å². The molecule has 2 aromatic rings. The number of methoxy groups -OCH3 is 1. The first kappa shape index (κ1) is 12.8. The summed E-state index contributed by atoms with van der Waals surface area (Å²) in [5.74, 6) is -0.706. The number of hydrogen-bond donors (Lipinski definition) is 1. The Labute approximate surface area is 116 Å². The van der Waals surface area contributed by atoms with E-state index >= 15 is 0 Å². The Balaban J connectivity index is 1.84. The molecule has 1 aliphatic rings. The van der Waals surface area contributed by atoms with Gasteiger partial charge in [-0.2, -0.15) is 0 Å². The van der Waals surface area contributed by atoms with Crippen LogP contribution in [-0.4, -0.2) is 33.2 Å². The molecule has 0 bridgehead atoms. The van der Waals surface area contributed by atoms with Crippen LogP contribution in [0.1, 0.15) is 33.2 Å². The lowest BCUT2D eigenvalue weighted by Crippen LogP contribution is -2.23. The van der Waals surface area contributed by atoms with Crippen LogP contribution in [0.3, 0.4) is 0 Å². The number of hydrogen-bond acceptors (Lipinski definition) is 4. The van der Waals surface area contributed by atoms with Gasteiger partial charge in [-0.1, -0.05) is 29.5 Å². The maximum absolute atomic E-state index is 11.1. The average Bonchev–Trinajstić information content (AvgIpc) is 2.80. The van der Waals surface area contributed by atoms with Gasteiger partial charge in [-0.3, -0.25) is 0 Å². The summed E-state index contributed by atoms with van der Waals surface area (Å²) in [5.41, 5.74) is 3.15. The Morgan fingerprint density at radius 1 is 1.50 bits per heavy atom. The van der Waals surface area contributed by atoms with Crippen molar-refractivity contribution in [3.63, 3.8) is 0 Å². The Hall–Kier alpha value is -2.21. The molecule has 0 saturated carbocycles. The number of carboxylic acids is 1. The van der Waals surface area contributed by atoms with E-state index < -0.39 is 5.97 Å². The molecule has 1 aromatic carbocycles. The van der Waals surface area contributed by atoms with E-state index in [0.717, 1.165) is 6.42 Å². The first-order valence-electron chi connectivity index (χ1n) is 6.43. The van der Waals surface area contributed by atoms with Crippen molar-refractivity contribution in [1.82, 2.24) is 15.0 Å². The number of fused-ring (bicyclic) bond motifs is 1. The number of ether oxygens (including phenoxy) is 1. The van der Waals surface area contributed by atoms with Gasteiger partial charge in [0.2, 0.25) is 0 Å². The Bertz CT molecular complexity index is 651. The van der Waals surface area contributed by atoms with Crippen molar-refractivity contribution in [1.29, 1.82) is 0 Å². The van der Waals surface area contributed by atoms with Gasteiger partial charge in [-0.05, 0) is 17.5 Å². The number of carboxylic acid groups (broad SMARTS) is 1. The molecule has 1 atom stereocenters. The van der Waals surface area contributed by atoms with Crippen LogP contribution < -0.4 is 0 Å². The molecule has 6 heteroatoms. The van der Waals surface area contributed by atoms with Crippen LogP contribution in [0.25, 0.3) is 0 Å². The van der Waals surface area contributed by atoms with Gasteiger partial charge in [0, 0.05) is 13.0 Å². The zero-order valence-corrected chi connectivity index (χ0v) is 11.1. The van der Waals surface area contributed by atoms with Gasteiger partial charge in [0.15, 0.2) is 5.69 Å². The minimum atomic E-state index is -1.07. The topological polar surface area (TPSA) is 77.2 Å². The molecule has 0 saturated heterocycles. The predicted molar refractivity (Wildman–Crippen MR) is 70.6 cm³/mol. The number of benzene rings is 1. The first-order valence-corrected chi connectivity index (χ1v) is 6.43. The fraction of sp³-hybridized carbons (Fsp3) is 0.357. The number of nitrogens with zero attached hydrogens (tertiary/aromatic N) is 3. The second-order valence-electron chi connectivity index (χ2n) is 4.90. The summed E-state index contributed by atoms with van der Waals surface area (Å²) in [4.78, 5) is 11.1. The van der Waals surface area contributed by atoms with Crippen molar-refractivity contribution < 1.29 is 14.6 Å². The van der Waals surface area contributed by atoms with E-state index in [9.17, 15) is 4.79 Å². The molecule has 1 heterocycles. The average molecular weight is 273 g/mol. The quantitative estimate of drug-likeness (QED) is 0.892. The summed E-state index contributed by atoms with van der Waals surface area (Å²) in [6, 6.07) is 8.27. The van der Waals surface area contributed by atoms with Crippen LogP contribution in [0.5, 0.6) is 0 Å². The van der Waals surface area contributed by atoms with Gasteiger partial charge in [-0.25, -0.2) is 9.48 Å². The molecular weight excluding hydrogens is 258 g/mol. The molecule has 1 unspecified atom stereocenters. The van der Waals surface area contributed by atoms with Gasteiger partial charge < -0.3 is 9.84 Å². The molecule has 1 aromatic heterocycles. The Morgan fingerprint density at radius 3 is 3.00 bits per heavy atom. The van der Waals surface area contributed by atoms with Crippen molar-refractivity contribution >= 4 is 5.97 Å². The maximum atomic E-state index is 11.1. The third-order valence-electron chi connectivity index (χ3n) is 3.68. The SMILES string of the molecule is COCc1c(C(=O)O)nnn1CC1Cc2ccccc21. The zero-order chi connectivity index (χ0) is 14.1. The molecule has 20 heavy (non-hydrogen) atoms. The summed E-state index contributed by atoms with van der Waals surface area (Å²) in [7, 11) is 1.53. The lowest BCUT2D eigenvalue weighted by molar-refractivity contribution is 0.0684. The van der Waals surface area contributed by atoms with Crippen molar-refractivity contribution in [3.8, 4) is 0 Å². The summed E-state index contributed by atoms with van der Waals surface area (Å²) in [6.45, 7) is 0.832. The van der Waals surface area contributed by atoms with Crippen LogP contribution in [0.2, 0.25) is 0 Å². The van der Waals surface area contributed by atoms with E-state index in [-0.39, 0.29) is 12.3 Å². The molecule has 0 radical (unpaired) electrons. The Morgan fingerprint density at radius 2 is 2.30 bits per heavy atom. The van der Waals surface area contributed by atoms with Gasteiger partial charge in [0.1, 0.15) is 0 Å². The molecule has 0 aliphatic heterocycles. The highest BCUT2D eigenvalue weighted by atomic mass is 16.5. The molecule has 104 valence electrons. The van der Waals surface area contributed by atoms with E-state index in [4.69, 9.17) is 9.84 Å². The second kappa shape index (κ2) is 5.05. The molecule has 1 aliphatic carbocycles. The van der Waals surface area contributed by atoms with Crippen molar-refractivity contribution in [2.24, 2.45) is 0 Å². The normalized spacial score (nSPS) is 16.6. The van der Waals surface area contributed by atoms with Gasteiger partial charge >= 0.3 is 5.97 Å². The van der Waals surface area contributed by atoms with E-state index in [2.05, 4.69) is 22.4 Å². The van der Waals surface area contributed by atoms with Crippen LogP contribution in [-0.2, 0) is 24.3 Å². The van der Waals surface area contributed by atoms with E-state index in [1.807, 2.05) is 12.1 Å². The van der Waals surface area contributed by atoms with Crippen LogP contribution in [0.15, 0.2) is 24.3 Å². The third-order valence-corrected chi connectivity index (χ3v) is 3.68. The number of aromatic nitrogens is 3. The predicted octanol–water partition coefficient (Wildman–Crippen LogP) is 1.46. The molecule has 0 amide bonds. The first-order chi connectivity index (χ1) is 9.70. The van der Waals surface area contributed by atoms with Crippen molar-refractivity contribution in [2.45, 2.75) is 25.5 Å². The monoisotopic (exact) mass is 273 g/mol. The lowest BCUT2D eigenvalue weighted by Gasteiger charge is -2.30. The van der Waals surface area contributed by atoms with E-state index in [0.29, 0.717) is 18.2 Å². The largest absolute Gasteiger partial charge is 0.476 e. The smallest absolute Gasteiger partial charge is 0.358 e. The van der Waals surface area contributed by atoms with Crippen LogP contribution in [0, 0.1) is 0 Å². The molecule has 1 N–H and O–H groups in total. The zero-order valence-electron chi connectivity index (χ0n) is 11.1. The Kier molecular flexibility index (Phi) is 3.23. The number of aromatic carboxylic acids is 1. The van der Waals surface area contributed by atoms with Gasteiger partial charge in [-0.15, -0.1) is 5.10 Å². The van der Waals surface area contributed by atoms with Crippen molar-refractivity contribution in [3.05, 3.63) is 46.8 Å². The summed E-state index contributed by atoms with van der Waals surface area (Å²) in [5, 5.41) is 16.8. The molecule has 6 nitrogen and oxygen atoms in total. The summed E-state index contributed by atoms with van der Waals surface area (Å²) >= 11 is 0. The number of carbonyl (C=O) groups is 1. The fourth-order valence-corrected chi connectivity index (χ4v) is 2.66. The standard InChI is InChI=1S/C14H15N3O3/c1-20-8-12-13(14(18)19)15-16-17(12)7-10-6-9-4-2-3-5-11(9)10/h2-5,10H,6-8H2,1H3,(H,18,19). The highest BCUT2D eigenvalue weighted by molar-refractivity contribution is 5.86. The van der Waals surface area contributed by atoms with Crippen LogP contribution in [0.4, 0.5) is 0 Å². The lowest BCUT2D eigenvalue weighted by atomic mass is 9.77. The highest BCUT2D eigenvalue weighted by Gasteiger charge is 2.28.